The van der Waals surface area contributed by atoms with Crippen LogP contribution in [0.15, 0.2) is 34.9 Å². The SMILES string of the molecule is Cc1cc(NC(=O)c2cc3ccc(F)cc3n2C)no1. The summed E-state index contributed by atoms with van der Waals surface area (Å²) in [5, 5.41) is 7.14. The van der Waals surface area contributed by atoms with E-state index in [1.54, 1.807) is 36.7 Å². The Morgan fingerprint density at radius 2 is 2.15 bits per heavy atom. The van der Waals surface area contributed by atoms with Crippen molar-refractivity contribution in [1.29, 1.82) is 0 Å². The van der Waals surface area contributed by atoms with Crippen LogP contribution in [0.25, 0.3) is 10.9 Å². The van der Waals surface area contributed by atoms with E-state index >= 15 is 0 Å². The summed E-state index contributed by atoms with van der Waals surface area (Å²) in [6, 6.07) is 7.73. The molecule has 2 aromatic heterocycles. The molecule has 0 fully saturated rings. The molecule has 0 spiro atoms. The summed E-state index contributed by atoms with van der Waals surface area (Å²) < 4.78 is 19.8. The van der Waals surface area contributed by atoms with E-state index in [9.17, 15) is 9.18 Å². The molecule has 0 radical (unpaired) electrons. The molecule has 0 bridgehead atoms. The average Bonchev–Trinajstić information content (AvgIpc) is 2.94. The number of hydrogen-bond donors (Lipinski definition) is 1. The first-order valence-corrected chi connectivity index (χ1v) is 6.04. The fourth-order valence-corrected chi connectivity index (χ4v) is 2.13. The van der Waals surface area contributed by atoms with Gasteiger partial charge in [-0.05, 0) is 31.2 Å². The number of aryl methyl sites for hydroxylation is 2. The largest absolute Gasteiger partial charge is 0.360 e. The Labute approximate surface area is 114 Å². The van der Waals surface area contributed by atoms with E-state index in [2.05, 4.69) is 10.5 Å². The van der Waals surface area contributed by atoms with Crippen molar-refractivity contribution in [3.63, 3.8) is 0 Å². The van der Waals surface area contributed by atoms with E-state index in [0.717, 1.165) is 5.39 Å². The smallest absolute Gasteiger partial charge is 0.273 e. The molecule has 0 atom stereocenters. The van der Waals surface area contributed by atoms with E-state index in [0.29, 0.717) is 22.8 Å². The van der Waals surface area contributed by atoms with E-state index in [-0.39, 0.29) is 11.7 Å². The van der Waals surface area contributed by atoms with Gasteiger partial charge in [0.2, 0.25) is 0 Å². The van der Waals surface area contributed by atoms with Gasteiger partial charge in [-0.2, -0.15) is 0 Å². The Bertz CT molecular complexity index is 804. The molecular formula is C14H12FN3O2. The Morgan fingerprint density at radius 1 is 1.35 bits per heavy atom. The van der Waals surface area contributed by atoms with Crippen LogP contribution in [0.4, 0.5) is 10.2 Å². The maximum Gasteiger partial charge on any atom is 0.273 e. The van der Waals surface area contributed by atoms with Gasteiger partial charge in [-0.25, -0.2) is 4.39 Å². The maximum absolute atomic E-state index is 13.2. The first-order valence-electron chi connectivity index (χ1n) is 6.04. The Balaban J connectivity index is 1.97. The van der Waals surface area contributed by atoms with E-state index < -0.39 is 0 Å². The van der Waals surface area contributed by atoms with Crippen LogP contribution >= 0.6 is 0 Å². The van der Waals surface area contributed by atoms with E-state index in [4.69, 9.17) is 4.52 Å². The van der Waals surface area contributed by atoms with Crippen molar-refractivity contribution >= 4 is 22.6 Å². The first-order chi connectivity index (χ1) is 9.54. The minimum Gasteiger partial charge on any atom is -0.360 e. The molecule has 1 aromatic carbocycles. The topological polar surface area (TPSA) is 60.1 Å². The van der Waals surface area contributed by atoms with Gasteiger partial charge in [-0.15, -0.1) is 0 Å². The highest BCUT2D eigenvalue weighted by atomic mass is 19.1. The minimum atomic E-state index is -0.335. The lowest BCUT2D eigenvalue weighted by Crippen LogP contribution is -2.15. The lowest BCUT2D eigenvalue weighted by molar-refractivity contribution is 0.101. The van der Waals surface area contributed by atoms with E-state index in [1.807, 2.05) is 0 Å². The minimum absolute atomic E-state index is 0.322. The number of amides is 1. The van der Waals surface area contributed by atoms with Crippen LogP contribution < -0.4 is 5.32 Å². The Hall–Kier alpha value is -2.63. The number of anilines is 1. The predicted octanol–water partition coefficient (Wildman–Crippen LogP) is 2.87. The third kappa shape index (κ3) is 2.05. The van der Waals surface area contributed by atoms with Crippen molar-refractivity contribution < 1.29 is 13.7 Å². The van der Waals surface area contributed by atoms with Crippen molar-refractivity contribution in [3.05, 3.63) is 47.6 Å². The first kappa shape index (κ1) is 12.4. The predicted molar refractivity (Wildman–Crippen MR) is 72.1 cm³/mol. The second-order valence-electron chi connectivity index (χ2n) is 4.57. The maximum atomic E-state index is 13.2. The monoisotopic (exact) mass is 273 g/mol. The number of fused-ring (bicyclic) bond motifs is 1. The lowest BCUT2D eigenvalue weighted by atomic mass is 10.2. The molecular weight excluding hydrogens is 261 g/mol. The molecule has 20 heavy (non-hydrogen) atoms. The molecule has 0 aliphatic heterocycles. The summed E-state index contributed by atoms with van der Waals surface area (Å²) in [5.74, 6) is 0.304. The van der Waals surface area contributed by atoms with Gasteiger partial charge >= 0.3 is 0 Å². The number of halogens is 1. The standard InChI is InChI=1S/C14H12FN3O2/c1-8-5-13(17-20-8)16-14(19)12-6-9-3-4-10(15)7-11(9)18(12)2/h3-7H,1-2H3,(H,16,17,19). The van der Waals surface area contributed by atoms with Crippen molar-refractivity contribution in [2.75, 3.05) is 5.32 Å². The summed E-state index contributed by atoms with van der Waals surface area (Å²) in [6.07, 6.45) is 0. The molecule has 1 N–H and O–H groups in total. The summed E-state index contributed by atoms with van der Waals surface area (Å²) in [6.45, 7) is 1.74. The van der Waals surface area contributed by atoms with Crippen molar-refractivity contribution in [2.45, 2.75) is 6.92 Å². The number of aromatic nitrogens is 2. The summed E-state index contributed by atoms with van der Waals surface area (Å²) in [5.41, 5.74) is 1.08. The number of rotatable bonds is 2. The van der Waals surface area contributed by atoms with Crippen LogP contribution in [0.5, 0.6) is 0 Å². The van der Waals surface area contributed by atoms with Crippen molar-refractivity contribution in [1.82, 2.24) is 9.72 Å². The molecule has 102 valence electrons. The number of nitrogens with zero attached hydrogens (tertiary/aromatic N) is 2. The zero-order valence-corrected chi connectivity index (χ0v) is 11.0. The average molecular weight is 273 g/mol. The summed E-state index contributed by atoms with van der Waals surface area (Å²) in [4.78, 5) is 12.2. The van der Waals surface area contributed by atoms with Gasteiger partial charge in [0.25, 0.3) is 5.91 Å². The zero-order valence-electron chi connectivity index (χ0n) is 11.0. The van der Waals surface area contributed by atoms with Crippen LogP contribution in [-0.4, -0.2) is 15.6 Å². The Morgan fingerprint density at radius 3 is 2.85 bits per heavy atom. The number of carbonyl (C=O) groups excluding carboxylic acids is 1. The van der Waals surface area contributed by atoms with Gasteiger partial charge in [0.1, 0.15) is 17.3 Å². The quantitative estimate of drug-likeness (QED) is 0.781. The van der Waals surface area contributed by atoms with E-state index in [1.165, 1.54) is 12.1 Å². The van der Waals surface area contributed by atoms with Gasteiger partial charge in [0, 0.05) is 18.5 Å². The molecule has 6 heteroatoms. The highest BCUT2D eigenvalue weighted by Crippen LogP contribution is 2.20. The Kier molecular flexibility index (Phi) is 2.78. The van der Waals surface area contributed by atoms with Gasteiger partial charge in [-0.1, -0.05) is 5.16 Å². The van der Waals surface area contributed by atoms with Gasteiger partial charge in [0.15, 0.2) is 5.82 Å². The third-order valence-electron chi connectivity index (χ3n) is 3.11. The molecule has 3 aromatic rings. The number of nitrogens with one attached hydrogen (secondary N) is 1. The zero-order chi connectivity index (χ0) is 14.3. The fourth-order valence-electron chi connectivity index (χ4n) is 2.13. The molecule has 0 aliphatic rings. The molecule has 0 saturated heterocycles. The highest BCUT2D eigenvalue weighted by Gasteiger charge is 2.15. The second-order valence-corrected chi connectivity index (χ2v) is 4.57. The van der Waals surface area contributed by atoms with Crippen molar-refractivity contribution in [2.24, 2.45) is 7.05 Å². The van der Waals surface area contributed by atoms with Gasteiger partial charge in [-0.3, -0.25) is 4.79 Å². The van der Waals surface area contributed by atoms with Crippen LogP contribution in [0, 0.1) is 12.7 Å². The fraction of sp³-hybridized carbons (Fsp3) is 0.143. The highest BCUT2D eigenvalue weighted by molar-refractivity contribution is 6.05. The van der Waals surface area contributed by atoms with Gasteiger partial charge in [0.05, 0.1) is 5.52 Å². The lowest BCUT2D eigenvalue weighted by Gasteiger charge is -2.03. The molecule has 3 rings (SSSR count). The molecule has 1 amide bonds. The number of benzene rings is 1. The van der Waals surface area contributed by atoms with Crippen LogP contribution in [0.2, 0.25) is 0 Å². The second kappa shape index (κ2) is 4.48. The van der Waals surface area contributed by atoms with Crippen LogP contribution in [0.1, 0.15) is 16.2 Å². The van der Waals surface area contributed by atoms with Crippen LogP contribution in [-0.2, 0) is 7.05 Å². The normalized spacial score (nSPS) is 10.9. The third-order valence-corrected chi connectivity index (χ3v) is 3.11. The molecule has 5 nitrogen and oxygen atoms in total. The summed E-state index contributed by atoms with van der Waals surface area (Å²) in [7, 11) is 1.71. The number of carbonyl (C=O) groups is 1. The molecule has 0 saturated carbocycles. The van der Waals surface area contributed by atoms with Gasteiger partial charge < -0.3 is 14.4 Å². The molecule has 0 aliphatic carbocycles. The molecule has 2 heterocycles. The number of hydrogen-bond acceptors (Lipinski definition) is 3. The van der Waals surface area contributed by atoms with Crippen LogP contribution in [0.3, 0.4) is 0 Å². The molecule has 0 unspecified atom stereocenters. The summed E-state index contributed by atoms with van der Waals surface area (Å²) >= 11 is 0. The van der Waals surface area contributed by atoms with Crippen molar-refractivity contribution in [3.8, 4) is 0 Å².